The van der Waals surface area contributed by atoms with Crippen molar-refractivity contribution in [3.8, 4) is 0 Å². The lowest BCUT2D eigenvalue weighted by Gasteiger charge is -2.33. The SMILES string of the molecule is Cc1cc(F)cc2[nH]c(C(=O)N(C)[C@H]3CCCc4[nH]c(=O)c5cc(F)ccc5c43)cc12. The zero-order chi connectivity index (χ0) is 21.9. The zero-order valence-corrected chi connectivity index (χ0v) is 17.2. The van der Waals surface area contributed by atoms with Crippen molar-refractivity contribution in [1.82, 2.24) is 14.9 Å². The van der Waals surface area contributed by atoms with Gasteiger partial charge in [0.1, 0.15) is 17.3 Å². The van der Waals surface area contributed by atoms with Crippen LogP contribution >= 0.6 is 0 Å². The fraction of sp³-hybridized carbons (Fsp3) is 0.250. The van der Waals surface area contributed by atoms with Crippen molar-refractivity contribution in [3.63, 3.8) is 0 Å². The van der Waals surface area contributed by atoms with Crippen LogP contribution in [-0.4, -0.2) is 27.8 Å². The normalized spacial score (nSPS) is 15.9. The summed E-state index contributed by atoms with van der Waals surface area (Å²) in [6, 6.07) is 8.47. The standard InChI is InChI=1S/C24H21F2N3O2/c1-12-8-14(26)10-19-16(12)11-20(27-19)24(31)29(2)21-5-3-4-18-22(21)15-7-6-13(25)9-17(15)23(30)28-18/h6-11,21,27H,3-5H2,1-2H3,(H,28,30)/t21-/m0/s1. The number of aromatic amines is 2. The molecular formula is C24H21F2N3O2. The molecule has 0 saturated carbocycles. The number of fused-ring (bicyclic) bond motifs is 4. The molecule has 7 heteroatoms. The Hall–Kier alpha value is -3.48. The van der Waals surface area contributed by atoms with Crippen LogP contribution in [0.1, 0.15) is 46.2 Å². The predicted octanol–water partition coefficient (Wildman–Crippen LogP) is 4.75. The molecule has 0 saturated heterocycles. The maximum atomic E-state index is 13.8. The van der Waals surface area contributed by atoms with Gasteiger partial charge in [0.25, 0.3) is 11.5 Å². The van der Waals surface area contributed by atoms with Gasteiger partial charge in [0, 0.05) is 29.2 Å². The number of hydrogen-bond donors (Lipinski definition) is 2. The van der Waals surface area contributed by atoms with Gasteiger partial charge in [0.15, 0.2) is 0 Å². The van der Waals surface area contributed by atoms with Crippen LogP contribution in [0.2, 0.25) is 0 Å². The van der Waals surface area contributed by atoms with E-state index in [-0.39, 0.29) is 28.7 Å². The molecule has 158 valence electrons. The average molecular weight is 421 g/mol. The molecule has 2 N–H and O–H groups in total. The summed E-state index contributed by atoms with van der Waals surface area (Å²) in [5.74, 6) is -1.06. The number of benzene rings is 2. The van der Waals surface area contributed by atoms with Crippen LogP contribution in [0.25, 0.3) is 21.7 Å². The number of nitrogens with one attached hydrogen (secondary N) is 2. The topological polar surface area (TPSA) is 69.0 Å². The van der Waals surface area contributed by atoms with Gasteiger partial charge in [-0.15, -0.1) is 0 Å². The number of H-pyrrole nitrogens is 2. The van der Waals surface area contributed by atoms with Gasteiger partial charge < -0.3 is 14.9 Å². The zero-order valence-electron chi connectivity index (χ0n) is 17.2. The molecule has 0 spiro atoms. The minimum atomic E-state index is -0.476. The molecule has 1 atom stereocenters. The van der Waals surface area contributed by atoms with Gasteiger partial charge in [-0.3, -0.25) is 9.59 Å². The molecule has 1 amide bonds. The molecule has 2 heterocycles. The lowest BCUT2D eigenvalue weighted by molar-refractivity contribution is 0.0710. The summed E-state index contributed by atoms with van der Waals surface area (Å²) in [4.78, 5) is 33.4. The third-order valence-corrected chi connectivity index (χ3v) is 6.27. The second-order valence-corrected chi connectivity index (χ2v) is 8.23. The van der Waals surface area contributed by atoms with E-state index in [1.165, 1.54) is 24.3 Å². The van der Waals surface area contributed by atoms with Crippen molar-refractivity contribution in [2.75, 3.05) is 7.05 Å². The lowest BCUT2D eigenvalue weighted by Crippen LogP contribution is -2.34. The third-order valence-electron chi connectivity index (χ3n) is 6.27. The van der Waals surface area contributed by atoms with E-state index in [0.717, 1.165) is 35.0 Å². The quantitative estimate of drug-likeness (QED) is 0.491. The Bertz CT molecular complexity index is 1420. The van der Waals surface area contributed by atoms with Crippen molar-refractivity contribution >= 4 is 27.6 Å². The largest absolute Gasteiger partial charge is 0.350 e. The molecule has 1 aliphatic rings. The first-order chi connectivity index (χ1) is 14.8. The van der Waals surface area contributed by atoms with Crippen molar-refractivity contribution < 1.29 is 13.6 Å². The number of aromatic nitrogens is 2. The summed E-state index contributed by atoms with van der Waals surface area (Å²) in [5, 5.41) is 1.75. The summed E-state index contributed by atoms with van der Waals surface area (Å²) < 4.78 is 27.5. The van der Waals surface area contributed by atoms with E-state index in [1.54, 1.807) is 31.0 Å². The van der Waals surface area contributed by atoms with E-state index in [0.29, 0.717) is 23.0 Å². The fourth-order valence-electron chi connectivity index (χ4n) is 4.78. The maximum absolute atomic E-state index is 13.8. The van der Waals surface area contributed by atoms with E-state index in [2.05, 4.69) is 9.97 Å². The molecule has 0 unspecified atom stereocenters. The number of nitrogens with zero attached hydrogens (tertiary/aromatic N) is 1. The monoisotopic (exact) mass is 421 g/mol. The molecule has 0 bridgehead atoms. The first-order valence-corrected chi connectivity index (χ1v) is 10.2. The molecule has 2 aromatic carbocycles. The molecule has 2 aromatic heterocycles. The first-order valence-electron chi connectivity index (χ1n) is 10.2. The number of amides is 1. The molecule has 1 aliphatic carbocycles. The fourth-order valence-corrected chi connectivity index (χ4v) is 4.78. The highest BCUT2D eigenvalue weighted by molar-refractivity contribution is 5.99. The molecule has 4 aromatic rings. The van der Waals surface area contributed by atoms with Crippen LogP contribution in [0.4, 0.5) is 8.78 Å². The first kappa shape index (κ1) is 19.5. The number of carbonyl (C=O) groups is 1. The Morgan fingerprint density at radius 2 is 1.84 bits per heavy atom. The van der Waals surface area contributed by atoms with Gasteiger partial charge in [0.2, 0.25) is 0 Å². The number of pyridine rings is 1. The highest BCUT2D eigenvalue weighted by atomic mass is 19.1. The molecule has 0 aliphatic heterocycles. The Morgan fingerprint density at radius 3 is 2.65 bits per heavy atom. The Labute approximate surface area is 176 Å². The number of hydrogen-bond acceptors (Lipinski definition) is 2. The van der Waals surface area contributed by atoms with E-state index in [1.807, 2.05) is 0 Å². The number of halogens is 2. The smallest absolute Gasteiger partial charge is 0.270 e. The molecule has 0 fully saturated rings. The van der Waals surface area contributed by atoms with Gasteiger partial charge in [-0.05, 0) is 67.5 Å². The summed E-state index contributed by atoms with van der Waals surface area (Å²) >= 11 is 0. The molecule has 31 heavy (non-hydrogen) atoms. The van der Waals surface area contributed by atoms with Crippen LogP contribution in [0.5, 0.6) is 0 Å². The van der Waals surface area contributed by atoms with Crippen LogP contribution in [0, 0.1) is 18.6 Å². The van der Waals surface area contributed by atoms with Crippen molar-refractivity contribution in [2.24, 2.45) is 0 Å². The van der Waals surface area contributed by atoms with Crippen LogP contribution < -0.4 is 5.56 Å². The van der Waals surface area contributed by atoms with Crippen molar-refractivity contribution in [2.45, 2.75) is 32.2 Å². The molecule has 5 nitrogen and oxygen atoms in total. The highest BCUT2D eigenvalue weighted by Crippen LogP contribution is 2.37. The van der Waals surface area contributed by atoms with Crippen LogP contribution in [0.15, 0.2) is 41.2 Å². The van der Waals surface area contributed by atoms with Gasteiger partial charge >= 0.3 is 0 Å². The van der Waals surface area contributed by atoms with Gasteiger partial charge in [-0.25, -0.2) is 8.78 Å². The summed E-state index contributed by atoms with van der Waals surface area (Å²) in [6.07, 6.45) is 2.23. The van der Waals surface area contributed by atoms with Gasteiger partial charge in [-0.1, -0.05) is 6.07 Å². The lowest BCUT2D eigenvalue weighted by atomic mass is 9.86. The minimum Gasteiger partial charge on any atom is -0.350 e. The second kappa shape index (κ2) is 7.04. The van der Waals surface area contributed by atoms with E-state index in [9.17, 15) is 18.4 Å². The maximum Gasteiger partial charge on any atom is 0.270 e. The van der Waals surface area contributed by atoms with Gasteiger partial charge in [-0.2, -0.15) is 0 Å². The van der Waals surface area contributed by atoms with Crippen LogP contribution in [-0.2, 0) is 6.42 Å². The van der Waals surface area contributed by atoms with E-state index in [4.69, 9.17) is 0 Å². The van der Waals surface area contributed by atoms with Crippen molar-refractivity contribution in [1.29, 1.82) is 0 Å². The Morgan fingerprint density at radius 1 is 1.03 bits per heavy atom. The average Bonchev–Trinajstić information content (AvgIpc) is 3.17. The second-order valence-electron chi connectivity index (χ2n) is 8.23. The van der Waals surface area contributed by atoms with Gasteiger partial charge in [0.05, 0.1) is 11.4 Å². The van der Waals surface area contributed by atoms with Crippen LogP contribution in [0.3, 0.4) is 0 Å². The number of rotatable bonds is 2. The number of aryl methyl sites for hydroxylation is 2. The molecular weight excluding hydrogens is 400 g/mol. The Kier molecular flexibility index (Phi) is 4.43. The summed E-state index contributed by atoms with van der Waals surface area (Å²) in [7, 11) is 1.72. The van der Waals surface area contributed by atoms with E-state index >= 15 is 0 Å². The molecule has 5 rings (SSSR count). The van der Waals surface area contributed by atoms with E-state index < -0.39 is 5.82 Å². The Balaban J connectivity index is 1.60. The predicted molar refractivity (Wildman–Crippen MR) is 115 cm³/mol. The number of carbonyl (C=O) groups excluding carboxylic acids is 1. The summed E-state index contributed by atoms with van der Waals surface area (Å²) in [5.41, 5.74) is 3.02. The third kappa shape index (κ3) is 3.12. The molecule has 0 radical (unpaired) electrons. The van der Waals surface area contributed by atoms with Crippen molar-refractivity contribution in [3.05, 3.63) is 80.9 Å². The summed E-state index contributed by atoms with van der Waals surface area (Å²) in [6.45, 7) is 1.80. The highest BCUT2D eigenvalue weighted by Gasteiger charge is 2.31. The minimum absolute atomic E-state index is 0.227.